The monoisotopic (exact) mass is 249 g/mol. The number of halogens is 3. The predicted molar refractivity (Wildman–Crippen MR) is 47.2 cm³/mol. The quantitative estimate of drug-likeness (QED) is 0.609. The Labute approximate surface area is 82.1 Å². The minimum atomic E-state index is -2.65. The molecule has 0 atom stereocenters. The molecule has 0 saturated heterocycles. The van der Waals surface area contributed by atoms with Crippen molar-refractivity contribution in [3.05, 3.63) is 29.1 Å². The molecule has 13 heavy (non-hydrogen) atoms. The molecule has 70 valence electrons. The smallest absolute Gasteiger partial charge is 0.280 e. The summed E-state index contributed by atoms with van der Waals surface area (Å²) in [5.41, 5.74) is 0.0991. The van der Waals surface area contributed by atoms with Crippen molar-refractivity contribution in [2.45, 2.75) is 11.8 Å². The van der Waals surface area contributed by atoms with Crippen molar-refractivity contribution in [3.63, 3.8) is 0 Å². The average molecular weight is 250 g/mol. The van der Waals surface area contributed by atoms with Gasteiger partial charge in [0, 0.05) is 5.33 Å². The van der Waals surface area contributed by atoms with Gasteiger partial charge in [-0.05, 0) is 11.6 Å². The van der Waals surface area contributed by atoms with E-state index < -0.39 is 6.43 Å². The van der Waals surface area contributed by atoms with Crippen LogP contribution in [0.4, 0.5) is 8.78 Å². The highest BCUT2D eigenvalue weighted by Crippen LogP contribution is 2.22. The number of hydrogen-bond acceptors (Lipinski definition) is 2. The molecule has 1 aromatic rings. The second kappa shape index (κ2) is 4.41. The fourth-order valence-electron chi connectivity index (χ4n) is 0.887. The number of nitrogens with zero attached hydrogens (tertiary/aromatic N) is 1. The maximum atomic E-state index is 12.3. The number of aldehydes is 1. The largest absolute Gasteiger partial charge is 0.296 e. The van der Waals surface area contributed by atoms with E-state index >= 15 is 0 Å². The normalized spacial score (nSPS) is 10.5. The van der Waals surface area contributed by atoms with Gasteiger partial charge in [-0.15, -0.1) is 0 Å². The summed E-state index contributed by atoms with van der Waals surface area (Å²) in [6.45, 7) is 0. The van der Waals surface area contributed by atoms with Gasteiger partial charge in [0.1, 0.15) is 11.4 Å². The Kier molecular flexibility index (Phi) is 3.48. The lowest BCUT2D eigenvalue weighted by atomic mass is 10.2. The van der Waals surface area contributed by atoms with Gasteiger partial charge in [-0.3, -0.25) is 4.79 Å². The molecule has 1 heterocycles. The van der Waals surface area contributed by atoms with Crippen molar-refractivity contribution < 1.29 is 13.6 Å². The molecule has 0 fully saturated rings. The molecule has 0 bridgehead atoms. The van der Waals surface area contributed by atoms with E-state index in [0.29, 0.717) is 17.2 Å². The van der Waals surface area contributed by atoms with E-state index in [2.05, 4.69) is 20.9 Å². The van der Waals surface area contributed by atoms with E-state index in [1.807, 2.05) is 0 Å². The molecule has 0 spiro atoms. The van der Waals surface area contributed by atoms with Crippen molar-refractivity contribution in [3.8, 4) is 0 Å². The lowest BCUT2D eigenvalue weighted by Gasteiger charge is -2.04. The lowest BCUT2D eigenvalue weighted by Crippen LogP contribution is -1.99. The summed E-state index contributed by atoms with van der Waals surface area (Å²) in [5, 5.41) is 0.304. The summed E-state index contributed by atoms with van der Waals surface area (Å²) in [4.78, 5) is 13.8. The number of carbonyl (C=O) groups is 1. The molecule has 1 rings (SSSR count). The van der Waals surface area contributed by atoms with Gasteiger partial charge < -0.3 is 0 Å². The maximum Gasteiger partial charge on any atom is 0.280 e. The molecule has 0 aliphatic heterocycles. The van der Waals surface area contributed by atoms with Crippen LogP contribution in [0.5, 0.6) is 0 Å². The summed E-state index contributed by atoms with van der Waals surface area (Å²) >= 11 is 3.06. The molecular weight excluding hydrogens is 244 g/mol. The van der Waals surface area contributed by atoms with E-state index in [9.17, 15) is 13.6 Å². The molecular formula is C8H6BrF2NO. The zero-order valence-corrected chi connectivity index (χ0v) is 8.09. The molecule has 0 N–H and O–H groups in total. The van der Waals surface area contributed by atoms with Crippen molar-refractivity contribution in [1.29, 1.82) is 0 Å². The molecule has 0 amide bonds. The number of pyridine rings is 1. The highest BCUT2D eigenvalue weighted by Gasteiger charge is 2.14. The second-order valence-corrected chi connectivity index (χ2v) is 2.89. The number of rotatable bonds is 3. The van der Waals surface area contributed by atoms with Gasteiger partial charge in [-0.25, -0.2) is 13.8 Å². The molecule has 1 aromatic heterocycles. The highest BCUT2D eigenvalue weighted by molar-refractivity contribution is 9.08. The van der Waals surface area contributed by atoms with E-state index in [0.717, 1.165) is 0 Å². The zero-order valence-electron chi connectivity index (χ0n) is 6.51. The van der Waals surface area contributed by atoms with Crippen LogP contribution >= 0.6 is 15.9 Å². The maximum absolute atomic E-state index is 12.3. The minimum Gasteiger partial charge on any atom is -0.296 e. The first kappa shape index (κ1) is 10.2. The Hall–Kier alpha value is -0.840. The van der Waals surface area contributed by atoms with E-state index in [1.165, 1.54) is 12.1 Å². The van der Waals surface area contributed by atoms with Gasteiger partial charge in [-0.1, -0.05) is 22.0 Å². The third-order valence-electron chi connectivity index (χ3n) is 1.51. The molecule has 5 heteroatoms. The molecule has 0 saturated carbocycles. The topological polar surface area (TPSA) is 30.0 Å². The van der Waals surface area contributed by atoms with Crippen LogP contribution in [0.25, 0.3) is 0 Å². The first-order valence-corrected chi connectivity index (χ1v) is 4.60. The SMILES string of the molecule is O=Cc1ccc(CBr)c(C(F)F)n1. The van der Waals surface area contributed by atoms with Crippen LogP contribution in [-0.2, 0) is 5.33 Å². The summed E-state index contributed by atoms with van der Waals surface area (Å²) in [6.07, 6.45) is -2.20. The Morgan fingerprint density at radius 2 is 2.23 bits per heavy atom. The van der Waals surface area contributed by atoms with Gasteiger partial charge in [0.25, 0.3) is 6.43 Å². The zero-order chi connectivity index (χ0) is 9.84. The highest BCUT2D eigenvalue weighted by atomic mass is 79.9. The molecule has 0 radical (unpaired) electrons. The van der Waals surface area contributed by atoms with Gasteiger partial charge >= 0.3 is 0 Å². The van der Waals surface area contributed by atoms with Crippen molar-refractivity contribution in [2.24, 2.45) is 0 Å². The van der Waals surface area contributed by atoms with Gasteiger partial charge in [0.15, 0.2) is 6.29 Å². The Balaban J connectivity index is 3.17. The molecule has 0 aliphatic carbocycles. The Morgan fingerprint density at radius 3 is 2.69 bits per heavy atom. The Morgan fingerprint density at radius 1 is 1.54 bits per heavy atom. The molecule has 2 nitrogen and oxygen atoms in total. The molecule has 0 aromatic carbocycles. The fourth-order valence-corrected chi connectivity index (χ4v) is 1.36. The Bertz CT molecular complexity index is 317. The van der Waals surface area contributed by atoms with Gasteiger partial charge in [0.05, 0.1) is 0 Å². The van der Waals surface area contributed by atoms with Crippen molar-refractivity contribution in [1.82, 2.24) is 4.98 Å². The fraction of sp³-hybridized carbons (Fsp3) is 0.250. The lowest BCUT2D eigenvalue weighted by molar-refractivity contribution is 0.111. The number of alkyl halides is 3. The first-order chi connectivity index (χ1) is 6.19. The predicted octanol–water partition coefficient (Wildman–Crippen LogP) is 2.73. The number of hydrogen-bond donors (Lipinski definition) is 0. The van der Waals surface area contributed by atoms with Crippen LogP contribution in [-0.4, -0.2) is 11.3 Å². The van der Waals surface area contributed by atoms with Crippen molar-refractivity contribution in [2.75, 3.05) is 0 Å². The van der Waals surface area contributed by atoms with Crippen LogP contribution in [0.3, 0.4) is 0 Å². The first-order valence-electron chi connectivity index (χ1n) is 3.48. The van der Waals surface area contributed by atoms with Crippen LogP contribution < -0.4 is 0 Å². The standard InChI is InChI=1S/C8H6BrF2NO/c9-3-5-1-2-6(4-13)12-7(5)8(10)11/h1-2,4,8H,3H2. The van der Waals surface area contributed by atoms with Crippen LogP contribution in [0, 0.1) is 0 Å². The average Bonchev–Trinajstić information content (AvgIpc) is 2.16. The van der Waals surface area contributed by atoms with E-state index in [1.54, 1.807) is 0 Å². The van der Waals surface area contributed by atoms with Crippen LogP contribution in [0.2, 0.25) is 0 Å². The van der Waals surface area contributed by atoms with Crippen LogP contribution in [0.1, 0.15) is 28.2 Å². The third kappa shape index (κ3) is 2.30. The molecule has 0 unspecified atom stereocenters. The second-order valence-electron chi connectivity index (χ2n) is 2.33. The van der Waals surface area contributed by atoms with E-state index in [4.69, 9.17) is 0 Å². The number of carbonyl (C=O) groups excluding carboxylic acids is 1. The molecule has 0 aliphatic rings. The van der Waals surface area contributed by atoms with E-state index in [-0.39, 0.29) is 11.4 Å². The van der Waals surface area contributed by atoms with Crippen LogP contribution in [0.15, 0.2) is 12.1 Å². The third-order valence-corrected chi connectivity index (χ3v) is 2.11. The van der Waals surface area contributed by atoms with Crippen molar-refractivity contribution >= 4 is 22.2 Å². The van der Waals surface area contributed by atoms with Gasteiger partial charge in [-0.2, -0.15) is 0 Å². The summed E-state index contributed by atoms with van der Waals surface area (Å²) < 4.78 is 24.7. The summed E-state index contributed by atoms with van der Waals surface area (Å²) in [5.74, 6) is 0. The minimum absolute atomic E-state index is 0.0278. The number of aromatic nitrogens is 1. The van der Waals surface area contributed by atoms with Gasteiger partial charge in [0.2, 0.25) is 0 Å². The summed E-state index contributed by atoms with van der Waals surface area (Å²) in [6, 6.07) is 2.88. The summed E-state index contributed by atoms with van der Waals surface area (Å²) in [7, 11) is 0.